The Labute approximate surface area is 80.3 Å². The highest BCUT2D eigenvalue weighted by Gasteiger charge is 2.12. The molecule has 0 aliphatic carbocycles. The Bertz CT molecular complexity index is 276. The van der Waals surface area contributed by atoms with Gasteiger partial charge in [-0.15, -0.1) is 0 Å². The van der Waals surface area contributed by atoms with E-state index in [4.69, 9.17) is 4.42 Å². The second-order valence-electron chi connectivity index (χ2n) is 3.91. The molecule has 0 aliphatic rings. The van der Waals surface area contributed by atoms with Crippen molar-refractivity contribution in [1.82, 2.24) is 5.32 Å². The molecule has 2 nitrogen and oxygen atoms in total. The summed E-state index contributed by atoms with van der Waals surface area (Å²) in [5.41, 5.74) is 1.27. The fourth-order valence-electron chi connectivity index (χ4n) is 1.67. The highest BCUT2D eigenvalue weighted by Crippen LogP contribution is 2.21. The maximum Gasteiger partial charge on any atom is 0.105 e. The van der Waals surface area contributed by atoms with Crippen LogP contribution in [-0.4, -0.2) is 6.04 Å². The Hall–Kier alpha value is -0.760. The minimum Gasteiger partial charge on any atom is -0.466 e. The average molecular weight is 181 g/mol. The van der Waals surface area contributed by atoms with Gasteiger partial charge in [-0.05, 0) is 26.8 Å². The molecule has 1 aromatic heterocycles. The molecule has 74 valence electrons. The summed E-state index contributed by atoms with van der Waals surface area (Å²) >= 11 is 0. The molecule has 0 radical (unpaired) electrons. The van der Waals surface area contributed by atoms with Crippen LogP contribution >= 0.6 is 0 Å². The van der Waals surface area contributed by atoms with Crippen molar-refractivity contribution in [3.8, 4) is 0 Å². The molecule has 1 unspecified atom stereocenters. The quantitative estimate of drug-likeness (QED) is 0.775. The standard InChI is InChI=1S/C11H19NO/c1-7(2)12-9(4)11-6-8(3)13-10(11)5/h6-7,9,12H,1-5H3. The van der Waals surface area contributed by atoms with Crippen molar-refractivity contribution in [3.63, 3.8) is 0 Å². The fourth-order valence-corrected chi connectivity index (χ4v) is 1.67. The van der Waals surface area contributed by atoms with E-state index in [1.807, 2.05) is 13.8 Å². The van der Waals surface area contributed by atoms with E-state index in [9.17, 15) is 0 Å². The first kappa shape index (κ1) is 10.3. The third kappa shape index (κ3) is 2.59. The van der Waals surface area contributed by atoms with Gasteiger partial charge in [-0.3, -0.25) is 0 Å². The Morgan fingerprint density at radius 1 is 1.23 bits per heavy atom. The maximum atomic E-state index is 5.48. The fraction of sp³-hybridized carbons (Fsp3) is 0.636. The summed E-state index contributed by atoms with van der Waals surface area (Å²) < 4.78 is 5.48. The van der Waals surface area contributed by atoms with Crippen LogP contribution in [0.5, 0.6) is 0 Å². The molecule has 1 N–H and O–H groups in total. The molecular weight excluding hydrogens is 162 g/mol. The third-order valence-electron chi connectivity index (χ3n) is 2.13. The minimum absolute atomic E-state index is 0.373. The maximum absolute atomic E-state index is 5.48. The van der Waals surface area contributed by atoms with Crippen LogP contribution in [0.1, 0.15) is 43.9 Å². The van der Waals surface area contributed by atoms with Gasteiger partial charge in [0.2, 0.25) is 0 Å². The zero-order valence-electron chi connectivity index (χ0n) is 9.14. The normalized spacial score (nSPS) is 13.7. The topological polar surface area (TPSA) is 25.2 Å². The van der Waals surface area contributed by atoms with Gasteiger partial charge in [0.25, 0.3) is 0 Å². The van der Waals surface area contributed by atoms with Crippen LogP contribution in [0.15, 0.2) is 10.5 Å². The van der Waals surface area contributed by atoms with Crippen LogP contribution in [0.25, 0.3) is 0 Å². The van der Waals surface area contributed by atoms with Gasteiger partial charge < -0.3 is 9.73 Å². The van der Waals surface area contributed by atoms with E-state index in [1.165, 1.54) is 5.56 Å². The molecular formula is C11H19NO. The van der Waals surface area contributed by atoms with Crippen LogP contribution < -0.4 is 5.32 Å². The van der Waals surface area contributed by atoms with Gasteiger partial charge in [-0.25, -0.2) is 0 Å². The van der Waals surface area contributed by atoms with Crippen molar-refractivity contribution >= 4 is 0 Å². The van der Waals surface area contributed by atoms with Gasteiger partial charge in [0.15, 0.2) is 0 Å². The smallest absolute Gasteiger partial charge is 0.105 e. The van der Waals surface area contributed by atoms with E-state index in [2.05, 4.69) is 32.2 Å². The summed E-state index contributed by atoms with van der Waals surface area (Å²) in [5, 5.41) is 3.45. The van der Waals surface area contributed by atoms with Crippen LogP contribution in [0, 0.1) is 13.8 Å². The Morgan fingerprint density at radius 3 is 2.23 bits per heavy atom. The number of nitrogens with one attached hydrogen (secondary N) is 1. The van der Waals surface area contributed by atoms with Gasteiger partial charge in [0.1, 0.15) is 11.5 Å². The molecule has 0 amide bonds. The first-order chi connectivity index (χ1) is 6.00. The first-order valence-corrected chi connectivity index (χ1v) is 4.83. The molecule has 13 heavy (non-hydrogen) atoms. The second kappa shape index (κ2) is 3.97. The molecule has 1 rings (SSSR count). The zero-order valence-corrected chi connectivity index (χ0v) is 9.14. The average Bonchev–Trinajstić information content (AvgIpc) is 2.28. The number of rotatable bonds is 3. The van der Waals surface area contributed by atoms with Gasteiger partial charge in [-0.2, -0.15) is 0 Å². The molecule has 0 spiro atoms. The van der Waals surface area contributed by atoms with E-state index in [0.29, 0.717) is 12.1 Å². The van der Waals surface area contributed by atoms with Crippen LogP contribution in [0.3, 0.4) is 0 Å². The lowest BCUT2D eigenvalue weighted by Crippen LogP contribution is -2.26. The molecule has 0 bridgehead atoms. The molecule has 1 atom stereocenters. The summed E-state index contributed by atoms with van der Waals surface area (Å²) in [6.07, 6.45) is 0. The summed E-state index contributed by atoms with van der Waals surface area (Å²) in [5.74, 6) is 2.02. The third-order valence-corrected chi connectivity index (χ3v) is 2.13. The lowest BCUT2D eigenvalue weighted by molar-refractivity contribution is 0.474. The Morgan fingerprint density at radius 2 is 1.85 bits per heavy atom. The van der Waals surface area contributed by atoms with Gasteiger partial charge in [-0.1, -0.05) is 13.8 Å². The van der Waals surface area contributed by atoms with Crippen LogP contribution in [0.4, 0.5) is 0 Å². The largest absolute Gasteiger partial charge is 0.466 e. The zero-order chi connectivity index (χ0) is 10.0. The van der Waals surface area contributed by atoms with Crippen molar-refractivity contribution in [1.29, 1.82) is 0 Å². The lowest BCUT2D eigenvalue weighted by Gasteiger charge is -2.15. The first-order valence-electron chi connectivity index (χ1n) is 4.83. The van der Waals surface area contributed by atoms with Crippen molar-refractivity contribution in [2.24, 2.45) is 0 Å². The molecule has 0 saturated heterocycles. The van der Waals surface area contributed by atoms with Crippen LogP contribution in [0.2, 0.25) is 0 Å². The second-order valence-corrected chi connectivity index (χ2v) is 3.91. The summed E-state index contributed by atoms with van der Waals surface area (Å²) in [6.45, 7) is 10.5. The van der Waals surface area contributed by atoms with Crippen molar-refractivity contribution in [2.75, 3.05) is 0 Å². The number of hydrogen-bond acceptors (Lipinski definition) is 2. The highest BCUT2D eigenvalue weighted by molar-refractivity contribution is 5.23. The Kier molecular flexibility index (Phi) is 3.15. The van der Waals surface area contributed by atoms with E-state index in [0.717, 1.165) is 11.5 Å². The van der Waals surface area contributed by atoms with Crippen molar-refractivity contribution in [3.05, 3.63) is 23.2 Å². The van der Waals surface area contributed by atoms with Gasteiger partial charge in [0.05, 0.1) is 0 Å². The van der Waals surface area contributed by atoms with E-state index in [1.54, 1.807) is 0 Å². The highest BCUT2D eigenvalue weighted by atomic mass is 16.3. The van der Waals surface area contributed by atoms with Crippen molar-refractivity contribution < 1.29 is 4.42 Å². The minimum atomic E-state index is 0.373. The summed E-state index contributed by atoms with van der Waals surface area (Å²) in [4.78, 5) is 0. The number of aryl methyl sites for hydroxylation is 2. The predicted octanol–water partition coefficient (Wildman–Crippen LogP) is 2.96. The molecule has 0 aliphatic heterocycles. The molecule has 0 fully saturated rings. The van der Waals surface area contributed by atoms with E-state index >= 15 is 0 Å². The monoisotopic (exact) mass is 181 g/mol. The van der Waals surface area contributed by atoms with Gasteiger partial charge in [0, 0.05) is 17.6 Å². The van der Waals surface area contributed by atoms with E-state index in [-0.39, 0.29) is 0 Å². The molecule has 0 aromatic carbocycles. The number of hydrogen-bond donors (Lipinski definition) is 1. The summed E-state index contributed by atoms with van der Waals surface area (Å²) in [6, 6.07) is 2.98. The Balaban J connectivity index is 2.76. The lowest BCUT2D eigenvalue weighted by atomic mass is 10.1. The van der Waals surface area contributed by atoms with Crippen molar-refractivity contribution in [2.45, 2.75) is 46.7 Å². The SMILES string of the molecule is Cc1cc(C(C)NC(C)C)c(C)o1. The predicted molar refractivity (Wildman–Crippen MR) is 54.9 cm³/mol. The van der Waals surface area contributed by atoms with E-state index < -0.39 is 0 Å². The molecule has 1 heterocycles. The summed E-state index contributed by atoms with van der Waals surface area (Å²) in [7, 11) is 0. The van der Waals surface area contributed by atoms with Crippen LogP contribution in [-0.2, 0) is 0 Å². The molecule has 0 saturated carbocycles. The van der Waals surface area contributed by atoms with Gasteiger partial charge >= 0.3 is 0 Å². The number of furan rings is 1. The molecule has 2 heteroatoms. The molecule has 1 aromatic rings.